The molecule has 0 radical (unpaired) electrons. The highest BCUT2D eigenvalue weighted by atomic mass is 32.2. The Bertz CT molecular complexity index is 554. The Morgan fingerprint density at radius 3 is 2.39 bits per heavy atom. The van der Waals surface area contributed by atoms with Gasteiger partial charge in [-0.05, 0) is 24.6 Å². The number of nitrogens with two attached hydrogens (primary N) is 1. The molecule has 0 saturated heterocycles. The van der Waals surface area contributed by atoms with Crippen molar-refractivity contribution in [1.29, 1.82) is 0 Å². The van der Waals surface area contributed by atoms with E-state index in [2.05, 4.69) is 0 Å². The summed E-state index contributed by atoms with van der Waals surface area (Å²) in [6, 6.07) is 1.63. The van der Waals surface area contributed by atoms with Crippen molar-refractivity contribution in [2.24, 2.45) is 0 Å². The van der Waals surface area contributed by atoms with E-state index in [9.17, 15) is 26.0 Å². The van der Waals surface area contributed by atoms with E-state index in [1.54, 1.807) is 0 Å². The largest absolute Gasteiger partial charge is 0.402 e. The van der Waals surface area contributed by atoms with E-state index in [4.69, 9.17) is 5.73 Å². The molecule has 0 aromatic heterocycles. The normalized spacial score (nSPS) is 12.7. The predicted molar refractivity (Wildman–Crippen MR) is 56.8 cm³/mol. The molecule has 18 heavy (non-hydrogen) atoms. The van der Waals surface area contributed by atoms with Gasteiger partial charge in [0.1, 0.15) is 12.4 Å². The average molecular weight is 286 g/mol. The molecule has 1 aromatic rings. The molecule has 0 heterocycles. The van der Waals surface area contributed by atoms with Crippen molar-refractivity contribution >= 4 is 15.7 Å². The number of sulfonamides is 1. The summed E-state index contributed by atoms with van der Waals surface area (Å²) in [4.78, 5) is -0.481. The Hall–Kier alpha value is -1.35. The summed E-state index contributed by atoms with van der Waals surface area (Å²) in [5.74, 6) is -0.831. The van der Waals surface area contributed by atoms with Gasteiger partial charge in [0, 0.05) is 0 Å². The van der Waals surface area contributed by atoms with Crippen LogP contribution in [-0.4, -0.2) is 21.1 Å². The third-order valence-electron chi connectivity index (χ3n) is 2.05. The number of nitrogen functional groups attached to an aromatic ring is 1. The Balaban J connectivity index is 3.10. The first kappa shape index (κ1) is 14.7. The zero-order chi connectivity index (χ0) is 14.1. The van der Waals surface area contributed by atoms with Crippen molar-refractivity contribution in [1.82, 2.24) is 4.72 Å². The van der Waals surface area contributed by atoms with Crippen LogP contribution in [0.3, 0.4) is 0 Å². The zero-order valence-electron chi connectivity index (χ0n) is 9.18. The molecule has 0 atom stereocenters. The molecule has 0 unspecified atom stereocenters. The van der Waals surface area contributed by atoms with E-state index in [0.717, 1.165) is 12.1 Å². The maximum atomic E-state index is 13.0. The predicted octanol–water partition coefficient (Wildman–Crippen LogP) is 1.56. The van der Waals surface area contributed by atoms with Crippen LogP contribution in [0.2, 0.25) is 0 Å². The summed E-state index contributed by atoms with van der Waals surface area (Å²) in [7, 11) is -4.38. The van der Waals surface area contributed by atoms with Crippen LogP contribution in [0.1, 0.15) is 5.56 Å². The lowest BCUT2D eigenvalue weighted by atomic mass is 10.2. The fourth-order valence-corrected chi connectivity index (χ4v) is 2.49. The second-order valence-electron chi connectivity index (χ2n) is 3.58. The van der Waals surface area contributed by atoms with E-state index in [0.29, 0.717) is 0 Å². The molecular weight excluding hydrogens is 276 g/mol. The Morgan fingerprint density at radius 1 is 1.33 bits per heavy atom. The van der Waals surface area contributed by atoms with Gasteiger partial charge in [-0.1, -0.05) is 0 Å². The van der Waals surface area contributed by atoms with Crippen molar-refractivity contribution in [3.8, 4) is 0 Å². The van der Waals surface area contributed by atoms with Gasteiger partial charge in [-0.15, -0.1) is 0 Å². The molecule has 0 saturated carbocycles. The maximum absolute atomic E-state index is 13.0. The van der Waals surface area contributed by atoms with Gasteiger partial charge in [-0.25, -0.2) is 17.5 Å². The molecule has 1 aromatic carbocycles. The summed E-state index contributed by atoms with van der Waals surface area (Å²) in [6.07, 6.45) is -4.67. The van der Waals surface area contributed by atoms with Crippen LogP contribution < -0.4 is 10.5 Å². The minimum absolute atomic E-state index is 0.0311. The van der Waals surface area contributed by atoms with Gasteiger partial charge in [0.2, 0.25) is 10.0 Å². The van der Waals surface area contributed by atoms with E-state index < -0.39 is 39.1 Å². The molecule has 0 bridgehead atoms. The summed E-state index contributed by atoms with van der Waals surface area (Å²) in [6.45, 7) is -0.448. The first-order valence-corrected chi connectivity index (χ1v) is 6.13. The molecule has 0 spiro atoms. The van der Waals surface area contributed by atoms with E-state index >= 15 is 0 Å². The number of benzene rings is 1. The van der Waals surface area contributed by atoms with Crippen molar-refractivity contribution in [3.05, 3.63) is 23.5 Å². The second-order valence-corrected chi connectivity index (χ2v) is 5.31. The minimum atomic E-state index is -4.67. The highest BCUT2D eigenvalue weighted by Gasteiger charge is 2.30. The van der Waals surface area contributed by atoms with E-state index in [-0.39, 0.29) is 5.56 Å². The molecule has 0 amide bonds. The molecule has 0 aliphatic carbocycles. The maximum Gasteiger partial charge on any atom is 0.402 e. The van der Waals surface area contributed by atoms with Gasteiger partial charge >= 0.3 is 6.18 Å². The van der Waals surface area contributed by atoms with Crippen molar-refractivity contribution in [2.75, 3.05) is 12.3 Å². The Kier molecular flexibility index (Phi) is 3.86. The average Bonchev–Trinajstić information content (AvgIpc) is 2.19. The van der Waals surface area contributed by atoms with E-state index in [1.807, 2.05) is 0 Å². The quantitative estimate of drug-likeness (QED) is 0.654. The second kappa shape index (κ2) is 4.73. The highest BCUT2D eigenvalue weighted by Crippen LogP contribution is 2.22. The van der Waals surface area contributed by atoms with Crippen molar-refractivity contribution < 1.29 is 26.0 Å². The van der Waals surface area contributed by atoms with Gasteiger partial charge in [-0.2, -0.15) is 13.2 Å². The Labute approximate surface area is 101 Å². The number of hydrogen-bond donors (Lipinski definition) is 2. The zero-order valence-corrected chi connectivity index (χ0v) is 9.99. The van der Waals surface area contributed by atoms with Gasteiger partial charge in [-0.3, -0.25) is 0 Å². The van der Waals surface area contributed by atoms with Crippen LogP contribution in [0.25, 0.3) is 0 Å². The van der Waals surface area contributed by atoms with Gasteiger partial charge < -0.3 is 5.73 Å². The lowest BCUT2D eigenvalue weighted by Crippen LogP contribution is -2.34. The molecular formula is C9H10F4N2O2S. The monoisotopic (exact) mass is 286 g/mol. The summed E-state index contributed by atoms with van der Waals surface area (Å²) >= 11 is 0. The van der Waals surface area contributed by atoms with Gasteiger partial charge in [0.05, 0.1) is 10.6 Å². The van der Waals surface area contributed by atoms with Crippen molar-refractivity contribution in [3.63, 3.8) is 0 Å². The van der Waals surface area contributed by atoms with Crippen molar-refractivity contribution in [2.45, 2.75) is 18.0 Å². The van der Waals surface area contributed by atoms with Crippen LogP contribution in [0, 0.1) is 12.7 Å². The molecule has 102 valence electrons. The number of anilines is 1. The standard InChI is InChI=1S/C9H10F4N2O2S/c1-5-2-6(10)7(14)3-8(5)18(16,17)15-4-9(11,12)13/h2-3,15H,4,14H2,1H3. The molecule has 4 nitrogen and oxygen atoms in total. The van der Waals surface area contributed by atoms with E-state index in [1.165, 1.54) is 11.6 Å². The van der Waals surface area contributed by atoms with Crippen LogP contribution in [0.4, 0.5) is 23.2 Å². The summed E-state index contributed by atoms with van der Waals surface area (Å²) in [5, 5.41) is 0. The number of halogens is 4. The third-order valence-corrected chi connectivity index (χ3v) is 3.59. The summed E-state index contributed by atoms with van der Waals surface area (Å²) in [5.41, 5.74) is 4.70. The number of alkyl halides is 3. The number of rotatable bonds is 3. The molecule has 1 rings (SSSR count). The molecule has 9 heteroatoms. The molecule has 0 aliphatic heterocycles. The number of nitrogens with one attached hydrogen (secondary N) is 1. The number of aryl methyl sites for hydroxylation is 1. The first-order chi connectivity index (χ1) is 8.03. The lowest BCUT2D eigenvalue weighted by molar-refractivity contribution is -0.121. The first-order valence-electron chi connectivity index (χ1n) is 4.65. The van der Waals surface area contributed by atoms with Crippen LogP contribution in [0.5, 0.6) is 0 Å². The van der Waals surface area contributed by atoms with Gasteiger partial charge in [0.15, 0.2) is 0 Å². The topological polar surface area (TPSA) is 72.2 Å². The van der Waals surface area contributed by atoms with Gasteiger partial charge in [0.25, 0.3) is 0 Å². The third kappa shape index (κ3) is 3.57. The molecule has 0 aliphatic rings. The highest BCUT2D eigenvalue weighted by molar-refractivity contribution is 7.89. The SMILES string of the molecule is Cc1cc(F)c(N)cc1S(=O)(=O)NCC(F)(F)F. The minimum Gasteiger partial charge on any atom is -0.396 e. The van der Waals surface area contributed by atoms with Crippen LogP contribution >= 0.6 is 0 Å². The molecule has 3 N–H and O–H groups in total. The van der Waals surface area contributed by atoms with Crippen LogP contribution in [0.15, 0.2) is 17.0 Å². The number of hydrogen-bond acceptors (Lipinski definition) is 3. The van der Waals surface area contributed by atoms with Crippen LogP contribution in [-0.2, 0) is 10.0 Å². The smallest absolute Gasteiger partial charge is 0.396 e. The Morgan fingerprint density at radius 2 is 1.89 bits per heavy atom. The summed E-state index contributed by atoms with van der Waals surface area (Å²) < 4.78 is 73.3. The molecule has 0 fully saturated rings. The fraction of sp³-hybridized carbons (Fsp3) is 0.333. The fourth-order valence-electron chi connectivity index (χ4n) is 1.21. The lowest BCUT2D eigenvalue weighted by Gasteiger charge is -2.12.